The van der Waals surface area contributed by atoms with Crippen molar-refractivity contribution in [3.05, 3.63) is 60.5 Å². The average Bonchev–Trinajstić information content (AvgIpc) is 3.33. The minimum atomic E-state index is -0.00267. The molecule has 4 rings (SSSR count). The van der Waals surface area contributed by atoms with Crippen LogP contribution in [-0.4, -0.2) is 67.3 Å². The van der Waals surface area contributed by atoms with Crippen LogP contribution in [0.1, 0.15) is 12.3 Å². The smallest absolute Gasteiger partial charge is 0.227 e. The van der Waals surface area contributed by atoms with Gasteiger partial charge >= 0.3 is 0 Å². The number of aromatic nitrogens is 2. The van der Waals surface area contributed by atoms with Crippen molar-refractivity contribution in [3.63, 3.8) is 0 Å². The molecule has 1 N–H and O–H groups in total. The molecule has 3 aromatic rings. The van der Waals surface area contributed by atoms with Crippen LogP contribution in [0.4, 0.5) is 5.69 Å². The van der Waals surface area contributed by atoms with Crippen LogP contribution in [0.15, 0.2) is 59.1 Å². The number of aryl methyl sites for hydroxylation is 1. The summed E-state index contributed by atoms with van der Waals surface area (Å²) in [6.45, 7) is 5.51. The summed E-state index contributed by atoms with van der Waals surface area (Å²) in [4.78, 5) is 21.4. The van der Waals surface area contributed by atoms with E-state index in [2.05, 4.69) is 49.5 Å². The van der Waals surface area contributed by atoms with Crippen LogP contribution in [0.3, 0.4) is 0 Å². The summed E-state index contributed by atoms with van der Waals surface area (Å²) in [6, 6.07) is 17.9. The third kappa shape index (κ3) is 5.85. The van der Waals surface area contributed by atoms with Gasteiger partial charge < -0.3 is 19.5 Å². The Balaban J connectivity index is 1.14. The third-order valence-corrected chi connectivity index (χ3v) is 5.63. The van der Waals surface area contributed by atoms with E-state index in [4.69, 9.17) is 9.26 Å². The van der Waals surface area contributed by atoms with Crippen molar-refractivity contribution in [1.82, 2.24) is 20.4 Å². The molecule has 0 aliphatic carbocycles. The van der Waals surface area contributed by atoms with E-state index in [1.165, 1.54) is 5.69 Å². The fourth-order valence-electron chi connectivity index (χ4n) is 3.74. The maximum absolute atomic E-state index is 12.2. The lowest BCUT2D eigenvalue weighted by Gasteiger charge is -2.36. The Labute approximate surface area is 188 Å². The third-order valence-electron chi connectivity index (χ3n) is 5.63. The number of nitrogens with zero attached hydrogens (tertiary/aromatic N) is 4. The number of benzene rings is 2. The molecule has 2 aromatic carbocycles. The summed E-state index contributed by atoms with van der Waals surface area (Å²) in [6.07, 6.45) is 0.747. The van der Waals surface area contributed by atoms with E-state index in [0.717, 1.165) is 44.0 Å². The second-order valence-electron chi connectivity index (χ2n) is 7.75. The minimum absolute atomic E-state index is 0.00267. The number of ether oxygens (including phenoxy) is 1. The van der Waals surface area contributed by atoms with E-state index < -0.39 is 0 Å². The second-order valence-corrected chi connectivity index (χ2v) is 7.75. The van der Waals surface area contributed by atoms with Gasteiger partial charge in [-0.05, 0) is 36.4 Å². The number of anilines is 1. The zero-order chi connectivity index (χ0) is 22.2. The Bertz CT molecular complexity index is 982. The molecule has 168 valence electrons. The van der Waals surface area contributed by atoms with Gasteiger partial charge in [0.25, 0.3) is 0 Å². The number of amides is 1. The Hall–Kier alpha value is -3.39. The lowest BCUT2D eigenvalue weighted by atomic mass is 10.2. The first-order valence-corrected chi connectivity index (χ1v) is 11.0. The molecule has 0 bridgehead atoms. The standard InChI is InChI=1S/C24H29N5O3/c1-31-21-9-7-19(8-10-21)24-26-23(32-27-24)12-11-22(30)25-13-14-28-15-17-29(18-16-28)20-5-3-2-4-6-20/h2-10H,11-18H2,1H3,(H,25,30). The molecule has 1 fully saturated rings. The summed E-state index contributed by atoms with van der Waals surface area (Å²) in [5, 5.41) is 7.00. The highest BCUT2D eigenvalue weighted by molar-refractivity contribution is 5.76. The first kappa shape index (κ1) is 21.8. The van der Waals surface area contributed by atoms with Gasteiger partial charge in [-0.2, -0.15) is 4.98 Å². The number of nitrogens with one attached hydrogen (secondary N) is 1. The van der Waals surface area contributed by atoms with E-state index in [1.54, 1.807) is 7.11 Å². The molecule has 1 saturated heterocycles. The van der Waals surface area contributed by atoms with Crippen LogP contribution >= 0.6 is 0 Å². The lowest BCUT2D eigenvalue weighted by molar-refractivity contribution is -0.121. The van der Waals surface area contributed by atoms with Crippen molar-refractivity contribution in [2.24, 2.45) is 0 Å². The molecule has 0 spiro atoms. The molecule has 0 saturated carbocycles. The predicted molar refractivity (Wildman–Crippen MR) is 123 cm³/mol. The molecule has 1 aliphatic heterocycles. The number of hydrogen-bond donors (Lipinski definition) is 1. The van der Waals surface area contributed by atoms with E-state index in [1.807, 2.05) is 30.3 Å². The molecule has 8 heteroatoms. The first-order valence-electron chi connectivity index (χ1n) is 11.0. The predicted octanol–water partition coefficient (Wildman–Crippen LogP) is 2.62. The molecule has 2 heterocycles. The SMILES string of the molecule is COc1ccc(-c2noc(CCC(=O)NCCN3CCN(c4ccccc4)CC3)n2)cc1. The van der Waals surface area contributed by atoms with Crippen molar-refractivity contribution in [2.75, 3.05) is 51.3 Å². The largest absolute Gasteiger partial charge is 0.497 e. The van der Waals surface area contributed by atoms with Crippen molar-refractivity contribution in [3.8, 4) is 17.1 Å². The zero-order valence-electron chi connectivity index (χ0n) is 18.4. The van der Waals surface area contributed by atoms with Gasteiger partial charge in [0.2, 0.25) is 17.6 Å². The van der Waals surface area contributed by atoms with Crippen LogP contribution in [0, 0.1) is 0 Å². The van der Waals surface area contributed by atoms with E-state index in [9.17, 15) is 4.79 Å². The Morgan fingerprint density at radius 3 is 2.53 bits per heavy atom. The quantitative estimate of drug-likeness (QED) is 0.553. The van der Waals surface area contributed by atoms with Gasteiger partial charge in [0.05, 0.1) is 7.11 Å². The van der Waals surface area contributed by atoms with Crippen molar-refractivity contribution in [2.45, 2.75) is 12.8 Å². The summed E-state index contributed by atoms with van der Waals surface area (Å²) >= 11 is 0. The van der Waals surface area contributed by atoms with Crippen LogP contribution in [0.2, 0.25) is 0 Å². The zero-order valence-corrected chi connectivity index (χ0v) is 18.4. The Kier molecular flexibility index (Phi) is 7.34. The lowest BCUT2D eigenvalue weighted by Crippen LogP contribution is -2.48. The van der Waals surface area contributed by atoms with Gasteiger partial charge in [-0.15, -0.1) is 0 Å². The summed E-state index contributed by atoms with van der Waals surface area (Å²) in [7, 11) is 1.62. The van der Waals surface area contributed by atoms with Crippen molar-refractivity contribution in [1.29, 1.82) is 0 Å². The summed E-state index contributed by atoms with van der Waals surface area (Å²) in [5.74, 6) is 1.74. The fourth-order valence-corrected chi connectivity index (χ4v) is 3.74. The number of methoxy groups -OCH3 is 1. The molecular weight excluding hydrogens is 406 g/mol. The van der Waals surface area contributed by atoms with Crippen LogP contribution in [0.25, 0.3) is 11.4 Å². The van der Waals surface area contributed by atoms with Crippen LogP contribution in [0.5, 0.6) is 5.75 Å². The van der Waals surface area contributed by atoms with Crippen LogP contribution in [-0.2, 0) is 11.2 Å². The van der Waals surface area contributed by atoms with Crippen molar-refractivity contribution >= 4 is 11.6 Å². The Morgan fingerprint density at radius 2 is 1.81 bits per heavy atom. The normalized spacial score (nSPS) is 14.3. The minimum Gasteiger partial charge on any atom is -0.497 e. The number of carbonyl (C=O) groups excluding carboxylic acids is 1. The molecule has 8 nitrogen and oxygen atoms in total. The average molecular weight is 436 g/mol. The summed E-state index contributed by atoms with van der Waals surface area (Å²) < 4.78 is 10.4. The highest BCUT2D eigenvalue weighted by Gasteiger charge is 2.17. The molecule has 0 radical (unpaired) electrons. The molecule has 1 amide bonds. The van der Waals surface area contributed by atoms with Gasteiger partial charge in [0.15, 0.2) is 0 Å². The topological polar surface area (TPSA) is 83.7 Å². The van der Waals surface area contributed by atoms with Gasteiger partial charge in [-0.3, -0.25) is 9.69 Å². The summed E-state index contributed by atoms with van der Waals surface area (Å²) in [5.41, 5.74) is 2.12. The maximum Gasteiger partial charge on any atom is 0.227 e. The second kappa shape index (κ2) is 10.8. The Morgan fingerprint density at radius 1 is 1.06 bits per heavy atom. The van der Waals surface area contributed by atoms with Gasteiger partial charge in [0.1, 0.15) is 5.75 Å². The number of rotatable bonds is 9. The highest BCUT2D eigenvalue weighted by Crippen LogP contribution is 2.20. The molecule has 0 atom stereocenters. The molecule has 0 unspecified atom stereocenters. The maximum atomic E-state index is 12.2. The fraction of sp³-hybridized carbons (Fsp3) is 0.375. The number of piperazine rings is 1. The highest BCUT2D eigenvalue weighted by atomic mass is 16.5. The van der Waals surface area contributed by atoms with Gasteiger partial charge in [-0.25, -0.2) is 0 Å². The molecular formula is C24H29N5O3. The molecule has 1 aromatic heterocycles. The molecule has 32 heavy (non-hydrogen) atoms. The number of para-hydroxylation sites is 1. The van der Waals surface area contributed by atoms with E-state index in [0.29, 0.717) is 31.1 Å². The van der Waals surface area contributed by atoms with E-state index >= 15 is 0 Å². The van der Waals surface area contributed by atoms with Gasteiger partial charge in [-0.1, -0.05) is 23.4 Å². The first-order chi connectivity index (χ1) is 15.7. The van der Waals surface area contributed by atoms with E-state index in [-0.39, 0.29) is 5.91 Å². The number of carbonyl (C=O) groups is 1. The van der Waals surface area contributed by atoms with Gasteiger partial charge in [0, 0.05) is 63.4 Å². The van der Waals surface area contributed by atoms with Crippen molar-refractivity contribution < 1.29 is 14.1 Å². The van der Waals surface area contributed by atoms with Crippen LogP contribution < -0.4 is 15.0 Å². The molecule has 1 aliphatic rings. The number of hydrogen-bond acceptors (Lipinski definition) is 7. The monoisotopic (exact) mass is 435 g/mol.